The van der Waals surface area contributed by atoms with Gasteiger partial charge >= 0.3 is 0 Å². The Hall–Kier alpha value is -0.940. The summed E-state index contributed by atoms with van der Waals surface area (Å²) in [5.41, 5.74) is 0.848. The van der Waals surface area contributed by atoms with E-state index in [1.54, 1.807) is 6.20 Å². The summed E-state index contributed by atoms with van der Waals surface area (Å²) < 4.78 is 24.6. The van der Waals surface area contributed by atoms with Gasteiger partial charge in [0.15, 0.2) is 0 Å². The lowest BCUT2D eigenvalue weighted by Gasteiger charge is -2.21. The van der Waals surface area contributed by atoms with Gasteiger partial charge in [-0.1, -0.05) is 6.07 Å². The lowest BCUT2D eigenvalue weighted by atomic mass is 10.1. The van der Waals surface area contributed by atoms with Crippen LogP contribution < -0.4 is 0 Å². The average Bonchev–Trinajstić information content (AvgIpc) is 2.67. The van der Waals surface area contributed by atoms with Crippen molar-refractivity contribution in [2.24, 2.45) is 0 Å². The minimum atomic E-state index is -3.11. The molecule has 5 heteroatoms. The van der Waals surface area contributed by atoms with Gasteiger partial charge in [0.2, 0.25) is 10.0 Å². The maximum absolute atomic E-state index is 11.5. The Balaban J connectivity index is 2.30. The number of sulfonamides is 1. The number of aromatic nitrogens is 1. The molecule has 0 bridgehead atoms. The molecule has 4 nitrogen and oxygen atoms in total. The van der Waals surface area contributed by atoms with E-state index in [0.29, 0.717) is 6.54 Å². The zero-order chi connectivity index (χ0) is 10.9. The number of nitrogens with zero attached hydrogens (tertiary/aromatic N) is 2. The molecule has 82 valence electrons. The Bertz CT molecular complexity index is 430. The van der Waals surface area contributed by atoms with Gasteiger partial charge in [0.25, 0.3) is 0 Å². The molecule has 1 aliphatic rings. The summed E-state index contributed by atoms with van der Waals surface area (Å²) in [5, 5.41) is 0. The molecule has 1 atom stereocenters. The molecule has 0 aliphatic carbocycles. The molecule has 1 aromatic rings. The summed E-state index contributed by atoms with van der Waals surface area (Å²) in [6, 6.07) is 5.54. The molecular weight excluding hydrogens is 212 g/mol. The molecule has 2 heterocycles. The van der Waals surface area contributed by atoms with Gasteiger partial charge in [0.05, 0.1) is 18.0 Å². The Kier molecular flexibility index (Phi) is 2.75. The van der Waals surface area contributed by atoms with E-state index in [9.17, 15) is 8.42 Å². The van der Waals surface area contributed by atoms with Crippen molar-refractivity contribution in [2.45, 2.75) is 18.9 Å². The topological polar surface area (TPSA) is 50.3 Å². The van der Waals surface area contributed by atoms with Crippen LogP contribution in [0.1, 0.15) is 24.6 Å². The van der Waals surface area contributed by atoms with Gasteiger partial charge in [-0.05, 0) is 25.0 Å². The van der Waals surface area contributed by atoms with E-state index in [1.165, 1.54) is 10.6 Å². The SMILES string of the molecule is CS(=O)(=O)N1CCC[C@H]1c1ccccn1. The highest BCUT2D eigenvalue weighted by Gasteiger charge is 2.32. The number of hydrogen-bond donors (Lipinski definition) is 0. The molecule has 0 aromatic carbocycles. The van der Waals surface area contributed by atoms with Crippen LogP contribution in [0.2, 0.25) is 0 Å². The van der Waals surface area contributed by atoms with Crippen molar-refractivity contribution in [3.8, 4) is 0 Å². The lowest BCUT2D eigenvalue weighted by Crippen LogP contribution is -2.29. The fourth-order valence-electron chi connectivity index (χ4n) is 2.01. The van der Waals surface area contributed by atoms with E-state index in [1.807, 2.05) is 18.2 Å². The molecular formula is C10H14N2O2S. The van der Waals surface area contributed by atoms with Crippen LogP contribution in [0.4, 0.5) is 0 Å². The Morgan fingerprint density at radius 2 is 2.27 bits per heavy atom. The van der Waals surface area contributed by atoms with Gasteiger partial charge in [0.1, 0.15) is 0 Å². The molecule has 0 spiro atoms. The van der Waals surface area contributed by atoms with Gasteiger partial charge < -0.3 is 0 Å². The Morgan fingerprint density at radius 1 is 1.47 bits per heavy atom. The first kappa shape index (κ1) is 10.6. The van der Waals surface area contributed by atoms with Crippen LogP contribution in [0, 0.1) is 0 Å². The zero-order valence-electron chi connectivity index (χ0n) is 8.63. The van der Waals surface area contributed by atoms with Gasteiger partial charge in [-0.15, -0.1) is 0 Å². The minimum Gasteiger partial charge on any atom is -0.260 e. The smallest absolute Gasteiger partial charge is 0.211 e. The van der Waals surface area contributed by atoms with Gasteiger partial charge in [-0.25, -0.2) is 8.42 Å². The van der Waals surface area contributed by atoms with Crippen LogP contribution in [0.5, 0.6) is 0 Å². The van der Waals surface area contributed by atoms with Gasteiger partial charge in [-0.2, -0.15) is 4.31 Å². The van der Waals surface area contributed by atoms with Crippen molar-refractivity contribution < 1.29 is 8.42 Å². The summed E-state index contributed by atoms with van der Waals surface area (Å²) in [6.07, 6.45) is 4.74. The fourth-order valence-corrected chi connectivity index (χ4v) is 3.14. The molecule has 2 rings (SSSR count). The monoisotopic (exact) mass is 226 g/mol. The Labute approximate surface area is 90.0 Å². The van der Waals surface area contributed by atoms with Gasteiger partial charge in [0, 0.05) is 12.7 Å². The predicted molar refractivity (Wildman–Crippen MR) is 57.8 cm³/mol. The van der Waals surface area contributed by atoms with Crippen molar-refractivity contribution in [3.05, 3.63) is 30.1 Å². The zero-order valence-corrected chi connectivity index (χ0v) is 9.44. The summed E-state index contributed by atoms with van der Waals surface area (Å²) in [7, 11) is -3.11. The van der Waals surface area contributed by atoms with Crippen molar-refractivity contribution in [2.75, 3.05) is 12.8 Å². The number of rotatable bonds is 2. The second kappa shape index (κ2) is 3.90. The second-order valence-corrected chi connectivity index (χ2v) is 5.72. The highest BCUT2D eigenvalue weighted by atomic mass is 32.2. The van der Waals surface area contributed by atoms with E-state index in [0.717, 1.165) is 18.5 Å². The van der Waals surface area contributed by atoms with E-state index < -0.39 is 10.0 Å². The van der Waals surface area contributed by atoms with E-state index in [-0.39, 0.29) is 6.04 Å². The Morgan fingerprint density at radius 3 is 2.87 bits per heavy atom. The van der Waals surface area contributed by atoms with Gasteiger partial charge in [-0.3, -0.25) is 4.98 Å². The molecule has 0 N–H and O–H groups in total. The maximum atomic E-state index is 11.5. The van der Waals surface area contributed by atoms with Crippen molar-refractivity contribution >= 4 is 10.0 Å². The van der Waals surface area contributed by atoms with Crippen LogP contribution in [-0.4, -0.2) is 30.5 Å². The summed E-state index contributed by atoms with van der Waals surface area (Å²) >= 11 is 0. The molecule has 1 aromatic heterocycles. The third-order valence-electron chi connectivity index (χ3n) is 2.66. The van der Waals surface area contributed by atoms with Crippen molar-refractivity contribution in [1.29, 1.82) is 0 Å². The van der Waals surface area contributed by atoms with E-state index in [2.05, 4.69) is 4.98 Å². The van der Waals surface area contributed by atoms with E-state index >= 15 is 0 Å². The van der Waals surface area contributed by atoms with Crippen molar-refractivity contribution in [1.82, 2.24) is 9.29 Å². The van der Waals surface area contributed by atoms with Crippen LogP contribution in [-0.2, 0) is 10.0 Å². The molecule has 1 saturated heterocycles. The summed E-state index contributed by atoms with van der Waals surface area (Å²) in [6.45, 7) is 0.611. The molecule has 1 aliphatic heterocycles. The molecule has 0 saturated carbocycles. The first-order chi connectivity index (χ1) is 7.09. The van der Waals surface area contributed by atoms with Crippen LogP contribution in [0.15, 0.2) is 24.4 Å². The molecule has 1 fully saturated rings. The molecule has 0 amide bonds. The lowest BCUT2D eigenvalue weighted by molar-refractivity contribution is 0.394. The first-order valence-electron chi connectivity index (χ1n) is 4.97. The quantitative estimate of drug-likeness (QED) is 0.760. The second-order valence-electron chi connectivity index (χ2n) is 3.79. The normalized spacial score (nSPS) is 23.1. The highest BCUT2D eigenvalue weighted by molar-refractivity contribution is 7.88. The third-order valence-corrected chi connectivity index (χ3v) is 3.95. The fraction of sp³-hybridized carbons (Fsp3) is 0.500. The number of pyridine rings is 1. The standard InChI is InChI=1S/C10H14N2O2S/c1-15(13,14)12-8-4-6-10(12)9-5-2-3-7-11-9/h2-3,5,7,10H,4,6,8H2,1H3/t10-/m0/s1. The molecule has 15 heavy (non-hydrogen) atoms. The minimum absolute atomic E-state index is 0.0683. The molecule has 0 unspecified atom stereocenters. The average molecular weight is 226 g/mol. The molecule has 0 radical (unpaired) electrons. The summed E-state index contributed by atoms with van der Waals surface area (Å²) in [4.78, 5) is 4.22. The highest BCUT2D eigenvalue weighted by Crippen LogP contribution is 2.32. The van der Waals surface area contributed by atoms with Crippen LogP contribution in [0.25, 0.3) is 0 Å². The number of hydrogen-bond acceptors (Lipinski definition) is 3. The van der Waals surface area contributed by atoms with Crippen molar-refractivity contribution in [3.63, 3.8) is 0 Å². The summed E-state index contributed by atoms with van der Waals surface area (Å²) in [5.74, 6) is 0. The van der Waals surface area contributed by atoms with Crippen LogP contribution in [0.3, 0.4) is 0 Å². The predicted octanol–water partition coefficient (Wildman–Crippen LogP) is 1.18. The maximum Gasteiger partial charge on any atom is 0.211 e. The third kappa shape index (κ3) is 2.18. The van der Waals surface area contributed by atoms with Crippen LogP contribution >= 0.6 is 0 Å². The van der Waals surface area contributed by atoms with E-state index in [4.69, 9.17) is 0 Å². The first-order valence-corrected chi connectivity index (χ1v) is 6.81. The largest absolute Gasteiger partial charge is 0.260 e.